The lowest BCUT2D eigenvalue weighted by Crippen LogP contribution is -2.42. The van der Waals surface area contributed by atoms with E-state index in [0.29, 0.717) is 6.04 Å². The van der Waals surface area contributed by atoms with Crippen molar-refractivity contribution in [2.45, 2.75) is 45.7 Å². The van der Waals surface area contributed by atoms with Crippen molar-refractivity contribution in [3.63, 3.8) is 0 Å². The zero-order valence-electron chi connectivity index (χ0n) is 13.8. The van der Waals surface area contributed by atoms with Crippen LogP contribution in [0.3, 0.4) is 0 Å². The smallest absolute Gasteiger partial charge is 0.126 e. The molecule has 1 fully saturated rings. The summed E-state index contributed by atoms with van der Waals surface area (Å²) in [6.07, 6.45) is 5.62. The third-order valence-electron chi connectivity index (χ3n) is 4.44. The highest BCUT2D eigenvalue weighted by Crippen LogP contribution is 2.18. The van der Waals surface area contributed by atoms with E-state index in [-0.39, 0.29) is 0 Å². The number of nitrogens with zero attached hydrogens (tertiary/aromatic N) is 3. The minimum absolute atomic E-state index is 0.716. The van der Waals surface area contributed by atoms with E-state index >= 15 is 0 Å². The molecule has 0 bridgehead atoms. The molecule has 0 radical (unpaired) electrons. The molecule has 0 aromatic carbocycles. The summed E-state index contributed by atoms with van der Waals surface area (Å²) in [6.45, 7) is 10.1. The highest BCUT2D eigenvalue weighted by atomic mass is 15.2. The first-order valence-corrected chi connectivity index (χ1v) is 8.34. The van der Waals surface area contributed by atoms with Gasteiger partial charge in [0.15, 0.2) is 0 Å². The highest BCUT2D eigenvalue weighted by molar-refractivity contribution is 5.37. The van der Waals surface area contributed by atoms with Gasteiger partial charge in [0.05, 0.1) is 0 Å². The molecule has 1 N–H and O–H groups in total. The van der Waals surface area contributed by atoms with Gasteiger partial charge < -0.3 is 10.2 Å². The number of hydrogen-bond donors (Lipinski definition) is 1. The Hall–Kier alpha value is -1.13. The molecule has 1 aromatic heterocycles. The van der Waals surface area contributed by atoms with Gasteiger partial charge in [-0.1, -0.05) is 13.8 Å². The summed E-state index contributed by atoms with van der Waals surface area (Å²) in [5.41, 5.74) is 1.35. The molecule has 1 aliphatic rings. The van der Waals surface area contributed by atoms with Crippen LogP contribution in [-0.4, -0.2) is 54.1 Å². The third kappa shape index (κ3) is 4.97. The lowest BCUT2D eigenvalue weighted by Gasteiger charge is -2.36. The van der Waals surface area contributed by atoms with Gasteiger partial charge >= 0.3 is 0 Å². The molecular formula is C17H30N4. The van der Waals surface area contributed by atoms with E-state index in [1.54, 1.807) is 0 Å². The average molecular weight is 290 g/mol. The molecular weight excluding hydrogens is 260 g/mol. The highest BCUT2D eigenvalue weighted by Gasteiger charge is 2.21. The molecule has 0 unspecified atom stereocenters. The molecule has 2 rings (SSSR count). The number of pyridine rings is 1. The largest absolute Gasteiger partial charge is 0.370 e. The van der Waals surface area contributed by atoms with Crippen LogP contribution in [0.4, 0.5) is 5.82 Å². The monoisotopic (exact) mass is 290 g/mol. The molecule has 1 saturated heterocycles. The molecule has 1 aliphatic heterocycles. The van der Waals surface area contributed by atoms with E-state index in [1.807, 2.05) is 6.20 Å². The maximum atomic E-state index is 4.38. The van der Waals surface area contributed by atoms with E-state index in [1.165, 1.54) is 38.0 Å². The predicted octanol–water partition coefficient (Wildman–Crippen LogP) is 2.82. The zero-order valence-corrected chi connectivity index (χ0v) is 13.8. The summed E-state index contributed by atoms with van der Waals surface area (Å²) in [6, 6.07) is 5.04. The molecule has 0 spiro atoms. The second-order valence-electron chi connectivity index (χ2n) is 6.06. The van der Waals surface area contributed by atoms with Crippen molar-refractivity contribution < 1.29 is 0 Å². The number of piperidine rings is 1. The minimum Gasteiger partial charge on any atom is -0.370 e. The van der Waals surface area contributed by atoms with E-state index in [0.717, 1.165) is 25.3 Å². The number of likely N-dealkylation sites (tertiary alicyclic amines) is 1. The van der Waals surface area contributed by atoms with Crippen LogP contribution in [0, 0.1) is 0 Å². The standard InChI is InChI=1S/C17H30N4/c1-4-9-18-17-13-15(6-10-19-17)14-20(3)16-7-11-21(5-2)12-8-16/h6,10,13,16H,4-5,7-9,11-12,14H2,1-3H3,(H,18,19). The molecule has 4 heteroatoms. The Bertz CT molecular complexity index is 413. The summed E-state index contributed by atoms with van der Waals surface area (Å²) >= 11 is 0. The second kappa shape index (κ2) is 8.35. The minimum atomic E-state index is 0.716. The maximum Gasteiger partial charge on any atom is 0.126 e. The lowest BCUT2D eigenvalue weighted by molar-refractivity contribution is 0.127. The lowest BCUT2D eigenvalue weighted by atomic mass is 10.0. The molecule has 0 atom stereocenters. The quantitative estimate of drug-likeness (QED) is 0.837. The van der Waals surface area contributed by atoms with Crippen LogP contribution >= 0.6 is 0 Å². The first-order chi connectivity index (χ1) is 10.2. The SMILES string of the molecule is CCCNc1cc(CN(C)C2CCN(CC)CC2)ccn1. The van der Waals surface area contributed by atoms with Crippen LogP contribution in [0.5, 0.6) is 0 Å². The van der Waals surface area contributed by atoms with Crippen molar-refractivity contribution in [3.05, 3.63) is 23.9 Å². The fraction of sp³-hybridized carbons (Fsp3) is 0.706. The van der Waals surface area contributed by atoms with E-state index in [4.69, 9.17) is 0 Å². The van der Waals surface area contributed by atoms with Gasteiger partial charge in [0.1, 0.15) is 5.82 Å². The van der Waals surface area contributed by atoms with Crippen LogP contribution in [0.2, 0.25) is 0 Å². The Kier molecular flexibility index (Phi) is 6.46. The van der Waals surface area contributed by atoms with Crippen molar-refractivity contribution in [2.75, 3.05) is 38.5 Å². The van der Waals surface area contributed by atoms with Gasteiger partial charge in [-0.2, -0.15) is 0 Å². The van der Waals surface area contributed by atoms with Crippen LogP contribution in [0.1, 0.15) is 38.7 Å². The molecule has 2 heterocycles. The van der Waals surface area contributed by atoms with Gasteiger partial charge in [-0.3, -0.25) is 4.90 Å². The molecule has 0 saturated carbocycles. The normalized spacial score (nSPS) is 17.3. The van der Waals surface area contributed by atoms with Gasteiger partial charge in [0.25, 0.3) is 0 Å². The number of rotatable bonds is 7. The van der Waals surface area contributed by atoms with Gasteiger partial charge in [-0.15, -0.1) is 0 Å². The van der Waals surface area contributed by atoms with Gasteiger partial charge in [0, 0.05) is 25.3 Å². The van der Waals surface area contributed by atoms with E-state index in [2.05, 4.69) is 53.1 Å². The van der Waals surface area contributed by atoms with Gasteiger partial charge in [-0.05, 0) is 63.6 Å². The van der Waals surface area contributed by atoms with Crippen molar-refractivity contribution in [2.24, 2.45) is 0 Å². The molecule has 1 aromatic rings. The third-order valence-corrected chi connectivity index (χ3v) is 4.44. The van der Waals surface area contributed by atoms with Crippen LogP contribution in [0.15, 0.2) is 18.3 Å². The number of nitrogens with one attached hydrogen (secondary N) is 1. The number of anilines is 1. The van der Waals surface area contributed by atoms with Crippen molar-refractivity contribution >= 4 is 5.82 Å². The van der Waals surface area contributed by atoms with Crippen molar-refractivity contribution in [3.8, 4) is 0 Å². The average Bonchev–Trinajstić information content (AvgIpc) is 2.53. The first-order valence-electron chi connectivity index (χ1n) is 8.34. The summed E-state index contributed by atoms with van der Waals surface area (Å²) in [5, 5.41) is 3.36. The molecule has 0 amide bonds. The molecule has 4 nitrogen and oxygen atoms in total. The van der Waals surface area contributed by atoms with Gasteiger partial charge in [-0.25, -0.2) is 4.98 Å². The predicted molar refractivity (Wildman–Crippen MR) is 89.6 cm³/mol. The number of hydrogen-bond acceptors (Lipinski definition) is 4. The Morgan fingerprint density at radius 3 is 2.76 bits per heavy atom. The van der Waals surface area contributed by atoms with Crippen LogP contribution in [0.25, 0.3) is 0 Å². The Morgan fingerprint density at radius 1 is 1.33 bits per heavy atom. The fourth-order valence-corrected chi connectivity index (χ4v) is 3.02. The molecule has 21 heavy (non-hydrogen) atoms. The fourth-order valence-electron chi connectivity index (χ4n) is 3.02. The van der Waals surface area contributed by atoms with E-state index in [9.17, 15) is 0 Å². The summed E-state index contributed by atoms with van der Waals surface area (Å²) in [7, 11) is 2.26. The van der Waals surface area contributed by atoms with Crippen LogP contribution < -0.4 is 5.32 Å². The van der Waals surface area contributed by atoms with Crippen LogP contribution in [-0.2, 0) is 6.54 Å². The first kappa shape index (κ1) is 16.2. The second-order valence-corrected chi connectivity index (χ2v) is 6.06. The van der Waals surface area contributed by atoms with Crippen molar-refractivity contribution in [1.82, 2.24) is 14.8 Å². The summed E-state index contributed by atoms with van der Waals surface area (Å²) in [4.78, 5) is 9.43. The van der Waals surface area contributed by atoms with E-state index < -0.39 is 0 Å². The summed E-state index contributed by atoms with van der Waals surface area (Å²) in [5.74, 6) is 1.00. The zero-order chi connectivity index (χ0) is 15.1. The molecule has 118 valence electrons. The number of aromatic nitrogens is 1. The topological polar surface area (TPSA) is 31.4 Å². The maximum absolute atomic E-state index is 4.38. The Labute approximate surface area is 129 Å². The Morgan fingerprint density at radius 2 is 2.10 bits per heavy atom. The Balaban J connectivity index is 1.86. The summed E-state index contributed by atoms with van der Waals surface area (Å²) < 4.78 is 0. The molecule has 0 aliphatic carbocycles. The van der Waals surface area contributed by atoms with Gasteiger partial charge in [0.2, 0.25) is 0 Å². The van der Waals surface area contributed by atoms with Crippen molar-refractivity contribution in [1.29, 1.82) is 0 Å².